The molecule has 6 nitrogen and oxygen atoms in total. The number of carbonyl (C=O) groups is 1. The Labute approximate surface area is 143 Å². The highest BCUT2D eigenvalue weighted by Crippen LogP contribution is 2.27. The first-order valence-electron chi connectivity index (χ1n) is 7.97. The Morgan fingerprint density at radius 1 is 1.21 bits per heavy atom. The zero-order chi connectivity index (χ0) is 16.4. The number of carbonyl (C=O) groups excluding carboxylic acids is 1. The van der Waals surface area contributed by atoms with Crippen molar-refractivity contribution in [3.05, 3.63) is 48.5 Å². The number of nitrogens with zero attached hydrogens (tertiary/aromatic N) is 4. The second-order valence-corrected chi connectivity index (χ2v) is 6.82. The fourth-order valence-electron chi connectivity index (χ4n) is 2.91. The van der Waals surface area contributed by atoms with Crippen LogP contribution in [0.5, 0.6) is 0 Å². The van der Waals surface area contributed by atoms with Crippen molar-refractivity contribution in [2.45, 2.75) is 18.9 Å². The van der Waals surface area contributed by atoms with Crippen LogP contribution in [-0.2, 0) is 0 Å². The van der Waals surface area contributed by atoms with E-state index in [2.05, 4.69) is 26.3 Å². The molecule has 0 atom stereocenters. The largest absolute Gasteiger partial charge is 0.359 e. The lowest BCUT2D eigenvalue weighted by Crippen LogP contribution is -2.42. The molecule has 1 saturated heterocycles. The Kier molecular flexibility index (Phi) is 4.08. The summed E-state index contributed by atoms with van der Waals surface area (Å²) in [4.78, 5) is 26.9. The minimum Gasteiger partial charge on any atom is -0.359 e. The van der Waals surface area contributed by atoms with Crippen LogP contribution in [0.1, 0.15) is 23.3 Å². The summed E-state index contributed by atoms with van der Waals surface area (Å²) in [6.45, 7) is 1.44. The fraction of sp³-hybridized carbons (Fsp3) is 0.294. The first kappa shape index (κ1) is 15.0. The Hall–Kier alpha value is -2.54. The third kappa shape index (κ3) is 3.07. The number of thiazole rings is 1. The topological polar surface area (TPSA) is 71.0 Å². The summed E-state index contributed by atoms with van der Waals surface area (Å²) in [6.07, 6.45) is 6.46. The van der Waals surface area contributed by atoms with E-state index in [4.69, 9.17) is 0 Å². The van der Waals surface area contributed by atoms with Crippen molar-refractivity contribution in [3.63, 3.8) is 0 Å². The number of nitrogens with one attached hydrogen (secondary N) is 1. The Balaban J connectivity index is 1.37. The van der Waals surface area contributed by atoms with Gasteiger partial charge in [0, 0.05) is 31.5 Å². The summed E-state index contributed by atoms with van der Waals surface area (Å²) < 4.78 is 1.19. The van der Waals surface area contributed by atoms with Crippen LogP contribution in [0.2, 0.25) is 0 Å². The van der Waals surface area contributed by atoms with Crippen LogP contribution >= 0.6 is 11.3 Å². The third-order valence-corrected chi connectivity index (χ3v) is 5.15. The zero-order valence-electron chi connectivity index (χ0n) is 13.1. The van der Waals surface area contributed by atoms with Gasteiger partial charge in [0.2, 0.25) is 0 Å². The molecule has 2 aromatic heterocycles. The first-order valence-corrected chi connectivity index (χ1v) is 8.78. The minimum absolute atomic E-state index is 0.0402. The number of benzene rings is 1. The average molecular weight is 339 g/mol. The highest BCUT2D eigenvalue weighted by molar-refractivity contribution is 7.22. The molecule has 24 heavy (non-hydrogen) atoms. The first-order chi connectivity index (χ1) is 11.8. The molecule has 0 aliphatic carbocycles. The van der Waals surface area contributed by atoms with Gasteiger partial charge >= 0.3 is 0 Å². The van der Waals surface area contributed by atoms with E-state index in [1.807, 2.05) is 23.1 Å². The van der Waals surface area contributed by atoms with Crippen LogP contribution in [0.25, 0.3) is 10.2 Å². The molecule has 1 aliphatic rings. The van der Waals surface area contributed by atoms with Crippen LogP contribution in [0.3, 0.4) is 0 Å². The predicted octanol–water partition coefficient (Wildman–Crippen LogP) is 2.80. The molecule has 0 saturated carbocycles. The molecule has 0 radical (unpaired) electrons. The summed E-state index contributed by atoms with van der Waals surface area (Å²) >= 11 is 1.67. The van der Waals surface area contributed by atoms with Gasteiger partial charge in [0.1, 0.15) is 5.69 Å². The highest BCUT2D eigenvalue weighted by Gasteiger charge is 2.24. The monoisotopic (exact) mass is 339 g/mol. The quantitative estimate of drug-likeness (QED) is 0.794. The number of rotatable bonds is 3. The SMILES string of the molecule is O=C(c1cnccn1)N1CCC(Nc2nc3ccccc3s2)CC1. The lowest BCUT2D eigenvalue weighted by Gasteiger charge is -2.32. The molecule has 4 rings (SSSR count). The van der Waals surface area contributed by atoms with Gasteiger partial charge < -0.3 is 10.2 Å². The van der Waals surface area contributed by atoms with Gasteiger partial charge in [-0.1, -0.05) is 23.5 Å². The van der Waals surface area contributed by atoms with Crippen LogP contribution in [-0.4, -0.2) is 44.9 Å². The lowest BCUT2D eigenvalue weighted by atomic mass is 10.1. The number of piperidine rings is 1. The average Bonchev–Trinajstić information content (AvgIpc) is 3.05. The summed E-state index contributed by atoms with van der Waals surface area (Å²) in [5.41, 5.74) is 1.44. The number of aromatic nitrogens is 3. The molecule has 1 amide bonds. The predicted molar refractivity (Wildman–Crippen MR) is 94.2 cm³/mol. The summed E-state index contributed by atoms with van der Waals surface area (Å²) in [6, 6.07) is 8.49. The van der Waals surface area contributed by atoms with Gasteiger partial charge in [-0.2, -0.15) is 0 Å². The van der Waals surface area contributed by atoms with Gasteiger partial charge in [0.05, 0.1) is 16.4 Å². The molecular weight excluding hydrogens is 322 g/mol. The second kappa shape index (κ2) is 6.52. The third-order valence-electron chi connectivity index (χ3n) is 4.19. The maximum Gasteiger partial charge on any atom is 0.274 e. The van der Waals surface area contributed by atoms with E-state index in [1.54, 1.807) is 23.7 Å². The maximum absolute atomic E-state index is 12.4. The molecule has 0 spiro atoms. The Bertz CT molecular complexity index is 809. The van der Waals surface area contributed by atoms with Crippen molar-refractivity contribution in [2.75, 3.05) is 18.4 Å². The van der Waals surface area contributed by atoms with Crippen LogP contribution < -0.4 is 5.32 Å². The summed E-state index contributed by atoms with van der Waals surface area (Å²) in [7, 11) is 0. The molecule has 1 N–H and O–H groups in total. The molecule has 1 aromatic carbocycles. The Morgan fingerprint density at radius 2 is 2.04 bits per heavy atom. The summed E-state index contributed by atoms with van der Waals surface area (Å²) in [5.74, 6) is -0.0402. The van der Waals surface area contributed by atoms with Crippen LogP contribution in [0.15, 0.2) is 42.9 Å². The highest BCUT2D eigenvalue weighted by atomic mass is 32.1. The maximum atomic E-state index is 12.4. The van der Waals surface area contributed by atoms with Gasteiger partial charge in [-0.05, 0) is 25.0 Å². The second-order valence-electron chi connectivity index (χ2n) is 5.79. The van der Waals surface area contributed by atoms with E-state index < -0.39 is 0 Å². The molecule has 7 heteroatoms. The number of para-hydroxylation sites is 1. The number of amides is 1. The van der Waals surface area contributed by atoms with Crippen molar-refractivity contribution in [1.29, 1.82) is 0 Å². The van der Waals surface area contributed by atoms with Crippen molar-refractivity contribution in [3.8, 4) is 0 Å². The number of likely N-dealkylation sites (tertiary alicyclic amines) is 1. The van der Waals surface area contributed by atoms with E-state index in [0.717, 1.165) is 36.6 Å². The molecule has 3 heterocycles. The minimum atomic E-state index is -0.0402. The van der Waals surface area contributed by atoms with Gasteiger partial charge in [0.25, 0.3) is 5.91 Å². The molecular formula is C17H17N5OS. The molecule has 0 bridgehead atoms. The number of hydrogen-bond donors (Lipinski definition) is 1. The number of anilines is 1. The van der Waals surface area contributed by atoms with E-state index in [1.165, 1.54) is 10.9 Å². The molecule has 3 aromatic rings. The van der Waals surface area contributed by atoms with E-state index in [9.17, 15) is 4.79 Å². The number of hydrogen-bond acceptors (Lipinski definition) is 6. The van der Waals surface area contributed by atoms with Gasteiger partial charge in [-0.25, -0.2) is 9.97 Å². The van der Waals surface area contributed by atoms with E-state index in [-0.39, 0.29) is 5.91 Å². The number of fused-ring (bicyclic) bond motifs is 1. The van der Waals surface area contributed by atoms with Crippen LogP contribution in [0, 0.1) is 0 Å². The van der Waals surface area contributed by atoms with Crippen molar-refractivity contribution in [1.82, 2.24) is 19.9 Å². The fourth-order valence-corrected chi connectivity index (χ4v) is 3.85. The normalized spacial score (nSPS) is 15.6. The molecule has 1 fully saturated rings. The van der Waals surface area contributed by atoms with Crippen molar-refractivity contribution < 1.29 is 4.79 Å². The lowest BCUT2D eigenvalue weighted by molar-refractivity contribution is 0.0712. The van der Waals surface area contributed by atoms with Crippen molar-refractivity contribution >= 4 is 32.6 Å². The van der Waals surface area contributed by atoms with Crippen LogP contribution in [0.4, 0.5) is 5.13 Å². The zero-order valence-corrected chi connectivity index (χ0v) is 13.9. The van der Waals surface area contributed by atoms with E-state index >= 15 is 0 Å². The standard InChI is InChI=1S/C17H17N5OS/c23-16(14-11-18-7-8-19-14)22-9-5-12(6-10-22)20-17-21-13-3-1-2-4-15(13)24-17/h1-4,7-8,11-12H,5-6,9-10H2,(H,20,21). The van der Waals surface area contributed by atoms with Crippen molar-refractivity contribution in [2.24, 2.45) is 0 Å². The van der Waals surface area contributed by atoms with Gasteiger partial charge in [-0.15, -0.1) is 0 Å². The van der Waals surface area contributed by atoms with E-state index in [0.29, 0.717) is 11.7 Å². The molecule has 122 valence electrons. The van der Waals surface area contributed by atoms with Gasteiger partial charge in [-0.3, -0.25) is 9.78 Å². The Morgan fingerprint density at radius 3 is 2.79 bits per heavy atom. The summed E-state index contributed by atoms with van der Waals surface area (Å²) in [5, 5.41) is 4.46. The molecule has 0 unspecified atom stereocenters. The van der Waals surface area contributed by atoms with Gasteiger partial charge in [0.15, 0.2) is 5.13 Å². The molecule has 1 aliphatic heterocycles. The smallest absolute Gasteiger partial charge is 0.274 e.